The highest BCUT2D eigenvalue weighted by Gasteiger charge is 2.22. The zero-order chi connectivity index (χ0) is 14.5. The van der Waals surface area contributed by atoms with E-state index in [0.29, 0.717) is 24.5 Å². The molecule has 0 radical (unpaired) electrons. The van der Waals surface area contributed by atoms with Crippen molar-refractivity contribution in [3.63, 3.8) is 0 Å². The normalized spacial score (nSPS) is 15.0. The van der Waals surface area contributed by atoms with Gasteiger partial charge >= 0.3 is 0 Å². The van der Waals surface area contributed by atoms with Gasteiger partial charge in [0.1, 0.15) is 0 Å². The summed E-state index contributed by atoms with van der Waals surface area (Å²) in [7, 11) is 3.17. The van der Waals surface area contributed by atoms with Gasteiger partial charge in [-0.1, -0.05) is 6.07 Å². The van der Waals surface area contributed by atoms with E-state index in [4.69, 9.17) is 9.47 Å². The van der Waals surface area contributed by atoms with Crippen molar-refractivity contribution in [2.24, 2.45) is 0 Å². The maximum absolute atomic E-state index is 11.7. The van der Waals surface area contributed by atoms with Crippen molar-refractivity contribution in [2.75, 3.05) is 33.9 Å². The Kier molecular flexibility index (Phi) is 4.45. The first-order valence-corrected chi connectivity index (χ1v) is 6.39. The van der Waals surface area contributed by atoms with Gasteiger partial charge in [0.25, 0.3) is 0 Å². The van der Waals surface area contributed by atoms with Crippen molar-refractivity contribution in [3.8, 4) is 11.5 Å². The predicted octanol–water partition coefficient (Wildman–Crippen LogP) is 0.205. The van der Waals surface area contributed by atoms with Crippen LogP contribution >= 0.6 is 0 Å². The average Bonchev–Trinajstić information content (AvgIpc) is 2.47. The van der Waals surface area contributed by atoms with E-state index in [1.165, 1.54) is 0 Å². The topological polar surface area (TPSA) is 67.9 Å². The van der Waals surface area contributed by atoms with Crippen molar-refractivity contribution in [1.82, 2.24) is 10.2 Å². The number of carbonyl (C=O) groups excluding carboxylic acids is 2. The van der Waals surface area contributed by atoms with Crippen LogP contribution in [0.15, 0.2) is 18.2 Å². The van der Waals surface area contributed by atoms with Gasteiger partial charge < -0.3 is 19.7 Å². The largest absolute Gasteiger partial charge is 0.493 e. The van der Waals surface area contributed by atoms with Crippen molar-refractivity contribution in [2.45, 2.75) is 6.42 Å². The molecule has 0 aliphatic carbocycles. The molecule has 1 saturated heterocycles. The Morgan fingerprint density at radius 3 is 2.65 bits per heavy atom. The number of amides is 2. The van der Waals surface area contributed by atoms with Crippen LogP contribution in [0.3, 0.4) is 0 Å². The van der Waals surface area contributed by atoms with E-state index < -0.39 is 0 Å². The summed E-state index contributed by atoms with van der Waals surface area (Å²) in [4.78, 5) is 24.5. The van der Waals surface area contributed by atoms with E-state index in [1.807, 2.05) is 18.2 Å². The highest BCUT2D eigenvalue weighted by molar-refractivity contribution is 5.92. The number of carbonyl (C=O) groups is 2. The minimum atomic E-state index is -0.114. The summed E-state index contributed by atoms with van der Waals surface area (Å²) < 4.78 is 10.4. The fourth-order valence-electron chi connectivity index (χ4n) is 2.11. The van der Waals surface area contributed by atoms with Gasteiger partial charge in [0, 0.05) is 6.54 Å². The fraction of sp³-hybridized carbons (Fsp3) is 0.429. The number of hydrogen-bond acceptors (Lipinski definition) is 4. The third-order valence-electron chi connectivity index (χ3n) is 3.24. The molecule has 1 aromatic carbocycles. The third kappa shape index (κ3) is 3.20. The molecule has 1 fully saturated rings. The summed E-state index contributed by atoms with van der Waals surface area (Å²) in [5.74, 6) is 1.17. The molecule has 1 aliphatic rings. The number of rotatable bonds is 5. The van der Waals surface area contributed by atoms with Gasteiger partial charge in [-0.05, 0) is 24.1 Å². The van der Waals surface area contributed by atoms with Gasteiger partial charge in [-0.15, -0.1) is 0 Å². The van der Waals surface area contributed by atoms with Crippen LogP contribution in [0.1, 0.15) is 5.56 Å². The molecule has 0 atom stereocenters. The smallest absolute Gasteiger partial charge is 0.242 e. The monoisotopic (exact) mass is 278 g/mol. The second-order valence-corrected chi connectivity index (χ2v) is 4.53. The van der Waals surface area contributed by atoms with Crippen molar-refractivity contribution in [1.29, 1.82) is 0 Å². The lowest BCUT2D eigenvalue weighted by Crippen LogP contribution is -2.51. The number of nitrogens with zero attached hydrogens (tertiary/aromatic N) is 1. The van der Waals surface area contributed by atoms with Gasteiger partial charge in [0.2, 0.25) is 11.8 Å². The summed E-state index contributed by atoms with van der Waals surface area (Å²) in [5.41, 5.74) is 1.03. The zero-order valence-electron chi connectivity index (χ0n) is 11.6. The quantitative estimate of drug-likeness (QED) is 0.836. The molecule has 108 valence electrons. The summed E-state index contributed by atoms with van der Waals surface area (Å²) >= 11 is 0. The van der Waals surface area contributed by atoms with Crippen LogP contribution in [0.25, 0.3) is 0 Å². The van der Waals surface area contributed by atoms with Crippen molar-refractivity contribution < 1.29 is 19.1 Å². The molecule has 0 aromatic heterocycles. The molecule has 2 rings (SSSR count). The van der Waals surface area contributed by atoms with Gasteiger partial charge in [0.15, 0.2) is 11.5 Å². The number of hydrogen-bond donors (Lipinski definition) is 1. The van der Waals surface area contributed by atoms with Gasteiger partial charge in [-0.3, -0.25) is 9.59 Å². The zero-order valence-corrected chi connectivity index (χ0v) is 11.6. The lowest BCUT2D eigenvalue weighted by molar-refractivity contribution is -0.140. The summed E-state index contributed by atoms with van der Waals surface area (Å²) in [6.07, 6.45) is 0.666. The first kappa shape index (κ1) is 14.2. The first-order valence-electron chi connectivity index (χ1n) is 6.39. The summed E-state index contributed by atoms with van der Waals surface area (Å²) in [5, 5.41) is 2.53. The Labute approximate surface area is 117 Å². The van der Waals surface area contributed by atoms with Gasteiger partial charge in [0.05, 0.1) is 27.3 Å². The first-order chi connectivity index (χ1) is 9.63. The Morgan fingerprint density at radius 2 is 1.95 bits per heavy atom. The van der Waals surface area contributed by atoms with Crippen LogP contribution < -0.4 is 14.8 Å². The minimum Gasteiger partial charge on any atom is -0.493 e. The maximum atomic E-state index is 11.7. The molecule has 6 heteroatoms. The molecule has 0 spiro atoms. The van der Waals surface area contributed by atoms with E-state index >= 15 is 0 Å². The molecule has 20 heavy (non-hydrogen) atoms. The van der Waals surface area contributed by atoms with Crippen LogP contribution in [-0.4, -0.2) is 50.6 Å². The van der Waals surface area contributed by atoms with Crippen LogP contribution in [-0.2, 0) is 16.0 Å². The molecular formula is C14H18N2O4. The fourth-order valence-corrected chi connectivity index (χ4v) is 2.11. The predicted molar refractivity (Wildman–Crippen MR) is 72.8 cm³/mol. The van der Waals surface area contributed by atoms with Crippen LogP contribution in [0.4, 0.5) is 0 Å². The van der Waals surface area contributed by atoms with E-state index in [1.54, 1.807) is 19.1 Å². The van der Waals surface area contributed by atoms with E-state index in [2.05, 4.69) is 5.32 Å². The number of ether oxygens (including phenoxy) is 2. The Balaban J connectivity index is 1.99. The van der Waals surface area contributed by atoms with Crippen LogP contribution in [0.5, 0.6) is 11.5 Å². The standard InChI is InChI=1S/C14H18N2O4/c1-19-11-4-3-10(7-12(11)20-2)5-6-16-9-13(17)15-8-14(16)18/h3-4,7H,5-6,8-9H2,1-2H3,(H,15,17). The Bertz CT molecular complexity index is 516. The second-order valence-electron chi connectivity index (χ2n) is 4.53. The molecule has 0 saturated carbocycles. The summed E-state index contributed by atoms with van der Waals surface area (Å²) in [6, 6.07) is 5.64. The number of nitrogens with one attached hydrogen (secondary N) is 1. The molecule has 1 aliphatic heterocycles. The Morgan fingerprint density at radius 1 is 1.20 bits per heavy atom. The average molecular weight is 278 g/mol. The minimum absolute atomic E-state index is 0.0509. The van der Waals surface area contributed by atoms with E-state index in [0.717, 1.165) is 5.56 Å². The molecule has 0 bridgehead atoms. The highest BCUT2D eigenvalue weighted by atomic mass is 16.5. The third-order valence-corrected chi connectivity index (χ3v) is 3.24. The van der Waals surface area contributed by atoms with Crippen molar-refractivity contribution >= 4 is 11.8 Å². The highest BCUT2D eigenvalue weighted by Crippen LogP contribution is 2.27. The molecule has 2 amide bonds. The molecule has 1 heterocycles. The second kappa shape index (κ2) is 6.27. The Hall–Kier alpha value is -2.24. The number of methoxy groups -OCH3 is 2. The summed E-state index contributed by atoms with van der Waals surface area (Å²) in [6.45, 7) is 0.735. The van der Waals surface area contributed by atoms with Crippen LogP contribution in [0, 0.1) is 0 Å². The lowest BCUT2D eigenvalue weighted by atomic mass is 10.1. The number of piperazine rings is 1. The van der Waals surface area contributed by atoms with Crippen LogP contribution in [0.2, 0.25) is 0 Å². The lowest BCUT2D eigenvalue weighted by Gasteiger charge is -2.26. The maximum Gasteiger partial charge on any atom is 0.242 e. The number of benzene rings is 1. The van der Waals surface area contributed by atoms with Gasteiger partial charge in [-0.25, -0.2) is 0 Å². The molecule has 1 N–H and O–H groups in total. The molecule has 6 nitrogen and oxygen atoms in total. The van der Waals surface area contributed by atoms with E-state index in [-0.39, 0.29) is 24.9 Å². The molecule has 0 unspecified atom stereocenters. The SMILES string of the molecule is COc1ccc(CCN2CC(=O)NCC2=O)cc1OC. The van der Waals surface area contributed by atoms with E-state index in [9.17, 15) is 9.59 Å². The molecule has 1 aromatic rings. The van der Waals surface area contributed by atoms with Gasteiger partial charge in [-0.2, -0.15) is 0 Å². The molecular weight excluding hydrogens is 260 g/mol. The van der Waals surface area contributed by atoms with Crippen molar-refractivity contribution in [3.05, 3.63) is 23.8 Å².